The second-order valence-electron chi connectivity index (χ2n) is 18.5. The molecule has 12 aromatic rings. The fourth-order valence-electron chi connectivity index (χ4n) is 10.6. The zero-order chi connectivity index (χ0) is 40.8. The van der Waals surface area contributed by atoms with Crippen molar-refractivity contribution in [1.29, 1.82) is 0 Å². The molecule has 0 saturated heterocycles. The standard InChI is InChI=1S/C56H42N4S/c1-55(2)26-27-56(3,4)44-31-46-41(30-43(44)55)40-29-42-48(32-47(40)59(46)37-17-6-5-7-18-37)60(45-25-24-34-15-10-11-19-38(34)50(42)45)54-57-51(36-23-22-33-14-8-9-16-35(33)28-36)53-52(58-54)39-20-12-13-21-49(39)61-53/h5-25,28-32H,26-27H2,1-4H3. The summed E-state index contributed by atoms with van der Waals surface area (Å²) in [5, 5.41) is 11.0. The third-order valence-corrected chi connectivity index (χ3v) is 15.1. The molecule has 0 aliphatic heterocycles. The molecular weight excluding hydrogens is 761 g/mol. The second-order valence-corrected chi connectivity index (χ2v) is 19.5. The monoisotopic (exact) mass is 802 g/mol. The number of hydrogen-bond donors (Lipinski definition) is 0. The average molecular weight is 803 g/mol. The number of benzene rings is 8. The lowest BCUT2D eigenvalue weighted by Gasteiger charge is -2.42. The van der Waals surface area contributed by atoms with Gasteiger partial charge in [-0.1, -0.05) is 131 Å². The molecule has 0 saturated carbocycles. The minimum atomic E-state index is 0.0813. The summed E-state index contributed by atoms with van der Waals surface area (Å²) in [7, 11) is 0. The molecule has 0 atom stereocenters. The quantitative estimate of drug-likeness (QED) is 0.178. The lowest BCUT2D eigenvalue weighted by atomic mass is 9.63. The number of para-hydroxylation sites is 1. The maximum atomic E-state index is 5.64. The van der Waals surface area contributed by atoms with E-state index in [1.54, 1.807) is 11.3 Å². The molecule has 4 aromatic heterocycles. The summed E-state index contributed by atoms with van der Waals surface area (Å²) >= 11 is 1.78. The average Bonchev–Trinajstić information content (AvgIpc) is 3.93. The van der Waals surface area contributed by atoms with E-state index in [4.69, 9.17) is 9.97 Å². The van der Waals surface area contributed by atoms with Crippen molar-refractivity contribution in [2.24, 2.45) is 0 Å². The summed E-state index contributed by atoms with van der Waals surface area (Å²) in [6.45, 7) is 9.72. The molecule has 0 spiro atoms. The highest BCUT2D eigenvalue weighted by atomic mass is 32.1. The van der Waals surface area contributed by atoms with Gasteiger partial charge in [0.15, 0.2) is 0 Å². The van der Waals surface area contributed by atoms with Crippen LogP contribution in [0.2, 0.25) is 0 Å². The van der Waals surface area contributed by atoms with E-state index in [1.165, 1.54) is 82.8 Å². The first-order valence-corrected chi connectivity index (χ1v) is 22.3. The second kappa shape index (κ2) is 12.4. The van der Waals surface area contributed by atoms with Gasteiger partial charge in [-0.3, -0.25) is 4.57 Å². The summed E-state index contributed by atoms with van der Waals surface area (Å²) in [6, 6.07) is 58.2. The molecule has 13 rings (SSSR count). The van der Waals surface area contributed by atoms with Crippen molar-refractivity contribution in [1.82, 2.24) is 19.1 Å². The maximum absolute atomic E-state index is 5.64. The van der Waals surface area contributed by atoms with Crippen LogP contribution in [0.25, 0.3) is 108 Å². The first-order chi connectivity index (χ1) is 29.7. The zero-order valence-electron chi connectivity index (χ0n) is 34.6. The summed E-state index contributed by atoms with van der Waals surface area (Å²) in [5.74, 6) is 0.676. The van der Waals surface area contributed by atoms with Crippen LogP contribution in [0.1, 0.15) is 51.7 Å². The molecule has 4 nitrogen and oxygen atoms in total. The van der Waals surface area contributed by atoms with E-state index in [-0.39, 0.29) is 10.8 Å². The molecule has 61 heavy (non-hydrogen) atoms. The van der Waals surface area contributed by atoms with Gasteiger partial charge in [-0.25, -0.2) is 9.97 Å². The topological polar surface area (TPSA) is 35.6 Å². The Morgan fingerprint density at radius 1 is 0.475 bits per heavy atom. The third kappa shape index (κ3) is 4.98. The third-order valence-electron chi connectivity index (χ3n) is 14.0. The van der Waals surface area contributed by atoms with Gasteiger partial charge in [0.05, 0.1) is 38.0 Å². The van der Waals surface area contributed by atoms with Crippen molar-refractivity contribution in [3.63, 3.8) is 0 Å². The van der Waals surface area contributed by atoms with E-state index >= 15 is 0 Å². The summed E-state index contributed by atoms with van der Waals surface area (Å²) in [4.78, 5) is 11.2. The van der Waals surface area contributed by atoms with Crippen LogP contribution in [0.15, 0.2) is 158 Å². The van der Waals surface area contributed by atoms with E-state index in [2.05, 4.69) is 195 Å². The van der Waals surface area contributed by atoms with E-state index in [0.29, 0.717) is 5.95 Å². The molecule has 0 amide bonds. The van der Waals surface area contributed by atoms with Gasteiger partial charge in [-0.05, 0) is 111 Å². The maximum Gasteiger partial charge on any atom is 0.235 e. The van der Waals surface area contributed by atoms with Gasteiger partial charge < -0.3 is 4.57 Å². The Labute approximate surface area is 357 Å². The summed E-state index contributed by atoms with van der Waals surface area (Å²) in [6.07, 6.45) is 2.34. The molecule has 1 aliphatic carbocycles. The molecule has 8 aromatic carbocycles. The van der Waals surface area contributed by atoms with Gasteiger partial charge in [-0.2, -0.15) is 0 Å². The number of nitrogens with zero attached hydrogens (tertiary/aromatic N) is 4. The Bertz CT molecular complexity index is 3820. The number of fused-ring (bicyclic) bond motifs is 13. The van der Waals surface area contributed by atoms with Gasteiger partial charge in [0.2, 0.25) is 5.95 Å². The molecular formula is C56H42N4S. The smallest absolute Gasteiger partial charge is 0.235 e. The highest BCUT2D eigenvalue weighted by Crippen LogP contribution is 2.50. The number of thiophene rings is 1. The molecule has 1 aliphatic rings. The molecule has 292 valence electrons. The SMILES string of the molecule is CC1(C)CCC(C)(C)c2cc3c(cc21)c1cc2c4c5ccccc5ccc4n(-c4nc(-c5ccc6ccccc6c5)c5sc6ccccc6c5n4)c2cc1n3-c1ccccc1. The fourth-order valence-corrected chi connectivity index (χ4v) is 11.8. The highest BCUT2D eigenvalue weighted by molar-refractivity contribution is 7.26. The van der Waals surface area contributed by atoms with Crippen molar-refractivity contribution < 1.29 is 0 Å². The van der Waals surface area contributed by atoms with Crippen LogP contribution in [0.4, 0.5) is 0 Å². The Morgan fingerprint density at radius 3 is 1.93 bits per heavy atom. The predicted molar refractivity (Wildman–Crippen MR) is 259 cm³/mol. The predicted octanol–water partition coefficient (Wildman–Crippen LogP) is 15.4. The molecule has 0 unspecified atom stereocenters. The van der Waals surface area contributed by atoms with Crippen LogP contribution in [0.3, 0.4) is 0 Å². The van der Waals surface area contributed by atoms with E-state index in [1.807, 2.05) is 0 Å². The van der Waals surface area contributed by atoms with Crippen molar-refractivity contribution in [3.05, 3.63) is 169 Å². The minimum absolute atomic E-state index is 0.0813. The largest absolute Gasteiger partial charge is 0.309 e. The highest BCUT2D eigenvalue weighted by Gasteiger charge is 2.38. The van der Waals surface area contributed by atoms with Crippen LogP contribution >= 0.6 is 11.3 Å². The number of hydrogen-bond acceptors (Lipinski definition) is 3. The molecule has 5 heteroatoms. The van der Waals surface area contributed by atoms with Crippen molar-refractivity contribution in [3.8, 4) is 22.9 Å². The van der Waals surface area contributed by atoms with Crippen LogP contribution in [0.5, 0.6) is 0 Å². The van der Waals surface area contributed by atoms with E-state index in [9.17, 15) is 0 Å². The Balaban J connectivity index is 1.20. The first-order valence-electron chi connectivity index (χ1n) is 21.5. The van der Waals surface area contributed by atoms with Crippen LogP contribution < -0.4 is 0 Å². The lowest BCUT2D eigenvalue weighted by molar-refractivity contribution is 0.332. The van der Waals surface area contributed by atoms with Crippen molar-refractivity contribution in [2.75, 3.05) is 0 Å². The van der Waals surface area contributed by atoms with Crippen molar-refractivity contribution in [2.45, 2.75) is 51.4 Å². The zero-order valence-corrected chi connectivity index (χ0v) is 35.4. The Kier molecular flexibility index (Phi) is 7.10. The van der Waals surface area contributed by atoms with Gasteiger partial charge in [0.1, 0.15) is 0 Å². The Hall–Kier alpha value is -6.82. The molecule has 0 fully saturated rings. The van der Waals surface area contributed by atoms with Gasteiger partial charge >= 0.3 is 0 Å². The molecule has 0 radical (unpaired) electrons. The van der Waals surface area contributed by atoms with Crippen LogP contribution in [0, 0.1) is 0 Å². The number of aromatic nitrogens is 4. The number of rotatable bonds is 3. The molecule has 4 heterocycles. The van der Waals surface area contributed by atoms with Crippen LogP contribution in [-0.4, -0.2) is 19.1 Å². The van der Waals surface area contributed by atoms with E-state index in [0.717, 1.165) is 43.6 Å². The minimum Gasteiger partial charge on any atom is -0.309 e. The molecule has 0 N–H and O–H groups in total. The fraction of sp³-hybridized carbons (Fsp3) is 0.143. The Morgan fingerprint density at radius 2 is 1.11 bits per heavy atom. The summed E-state index contributed by atoms with van der Waals surface area (Å²) in [5.41, 5.74) is 11.9. The van der Waals surface area contributed by atoms with Gasteiger partial charge in [0.25, 0.3) is 0 Å². The first kappa shape index (κ1) is 35.0. The normalized spacial score (nSPS) is 15.0. The van der Waals surface area contributed by atoms with E-state index < -0.39 is 0 Å². The lowest BCUT2D eigenvalue weighted by Crippen LogP contribution is -2.33. The summed E-state index contributed by atoms with van der Waals surface area (Å²) < 4.78 is 7.16. The van der Waals surface area contributed by atoms with Gasteiger partial charge in [0, 0.05) is 42.9 Å². The van der Waals surface area contributed by atoms with Crippen LogP contribution in [-0.2, 0) is 10.8 Å². The van der Waals surface area contributed by atoms with Crippen molar-refractivity contribution >= 4 is 96.8 Å². The molecule has 0 bridgehead atoms. The van der Waals surface area contributed by atoms with Gasteiger partial charge in [-0.15, -0.1) is 11.3 Å².